The van der Waals surface area contributed by atoms with Gasteiger partial charge in [0.2, 0.25) is 5.95 Å². The largest absolute Gasteiger partial charge is 0.367 e. The maximum Gasteiger partial charge on any atom is 0.225 e. The third-order valence-corrected chi connectivity index (χ3v) is 4.46. The van der Waals surface area contributed by atoms with Crippen molar-refractivity contribution in [3.63, 3.8) is 0 Å². The average Bonchev–Trinajstić information content (AvgIpc) is 2.63. The van der Waals surface area contributed by atoms with Crippen molar-refractivity contribution in [1.29, 1.82) is 0 Å². The zero-order valence-electron chi connectivity index (χ0n) is 13.1. The number of piperidine rings is 1. The lowest BCUT2D eigenvalue weighted by atomic mass is 10.1. The summed E-state index contributed by atoms with van der Waals surface area (Å²) in [5.74, 6) is 1.65. The lowest BCUT2D eigenvalue weighted by Crippen LogP contribution is -2.40. The summed E-state index contributed by atoms with van der Waals surface area (Å²) < 4.78 is 0. The zero-order valence-corrected chi connectivity index (χ0v) is 13.8. The van der Waals surface area contributed by atoms with Gasteiger partial charge in [0.25, 0.3) is 0 Å². The fourth-order valence-corrected chi connectivity index (χ4v) is 3.10. The third kappa shape index (κ3) is 3.10. The number of para-hydroxylation sites is 1. The van der Waals surface area contributed by atoms with Crippen LogP contribution >= 0.6 is 11.6 Å². The van der Waals surface area contributed by atoms with Gasteiger partial charge in [-0.1, -0.05) is 23.7 Å². The minimum Gasteiger partial charge on any atom is -0.367 e. The second kappa shape index (κ2) is 6.57. The summed E-state index contributed by atoms with van der Waals surface area (Å²) in [4.78, 5) is 19.5. The van der Waals surface area contributed by atoms with Crippen molar-refractivity contribution in [1.82, 2.24) is 19.9 Å². The molecule has 1 saturated heterocycles. The minimum absolute atomic E-state index is 0.381. The smallest absolute Gasteiger partial charge is 0.225 e. The molecule has 0 aliphatic carbocycles. The standard InChI is InChI=1S/C17H17ClN6/c18-12-9-19-17(20-10-12)24-7-5-13(6-8-24)23-16-14-3-1-2-4-15(14)21-11-22-16/h1-4,9-11,13H,5-8H2,(H,21,22,23). The molecule has 122 valence electrons. The van der Waals surface area contributed by atoms with Crippen molar-refractivity contribution in [2.24, 2.45) is 0 Å². The van der Waals surface area contributed by atoms with Gasteiger partial charge in [0.15, 0.2) is 0 Å². The van der Waals surface area contributed by atoms with Crippen molar-refractivity contribution in [3.8, 4) is 0 Å². The molecule has 0 radical (unpaired) electrons. The summed E-state index contributed by atoms with van der Waals surface area (Å²) in [7, 11) is 0. The van der Waals surface area contributed by atoms with Gasteiger partial charge in [-0.25, -0.2) is 19.9 Å². The van der Waals surface area contributed by atoms with E-state index in [4.69, 9.17) is 11.6 Å². The number of hydrogen-bond donors (Lipinski definition) is 1. The van der Waals surface area contributed by atoms with Gasteiger partial charge < -0.3 is 10.2 Å². The quantitative estimate of drug-likeness (QED) is 0.790. The molecule has 0 unspecified atom stereocenters. The van der Waals surface area contributed by atoms with Gasteiger partial charge in [0.05, 0.1) is 22.9 Å². The molecule has 3 aromatic rings. The highest BCUT2D eigenvalue weighted by molar-refractivity contribution is 6.30. The van der Waals surface area contributed by atoms with Crippen LogP contribution < -0.4 is 10.2 Å². The van der Waals surface area contributed by atoms with Gasteiger partial charge in [-0.15, -0.1) is 0 Å². The number of halogens is 1. The molecule has 1 fully saturated rings. The first-order valence-corrected chi connectivity index (χ1v) is 8.36. The second-order valence-electron chi connectivity index (χ2n) is 5.85. The molecule has 1 N–H and O–H groups in total. The Labute approximate surface area is 144 Å². The fraction of sp³-hybridized carbons (Fsp3) is 0.294. The Morgan fingerprint density at radius 2 is 1.75 bits per heavy atom. The summed E-state index contributed by atoms with van der Waals surface area (Å²) in [6.07, 6.45) is 6.90. The number of rotatable bonds is 3. The summed E-state index contributed by atoms with van der Waals surface area (Å²) in [6, 6.07) is 8.44. The third-order valence-electron chi connectivity index (χ3n) is 4.27. The van der Waals surface area contributed by atoms with Gasteiger partial charge in [-0.2, -0.15) is 0 Å². The Morgan fingerprint density at radius 1 is 1.00 bits per heavy atom. The summed E-state index contributed by atoms with van der Waals surface area (Å²) in [6.45, 7) is 1.81. The lowest BCUT2D eigenvalue weighted by Gasteiger charge is -2.32. The van der Waals surface area contributed by atoms with Crippen molar-refractivity contribution in [3.05, 3.63) is 48.0 Å². The SMILES string of the molecule is Clc1cnc(N2CCC(Nc3ncnc4ccccc34)CC2)nc1. The second-order valence-corrected chi connectivity index (χ2v) is 6.28. The Morgan fingerprint density at radius 3 is 2.54 bits per heavy atom. The molecular formula is C17H17ClN6. The van der Waals surface area contributed by atoms with Gasteiger partial charge in [0, 0.05) is 24.5 Å². The molecule has 7 heteroatoms. The molecule has 4 rings (SSSR count). The highest BCUT2D eigenvalue weighted by Crippen LogP contribution is 2.23. The number of nitrogens with zero attached hydrogens (tertiary/aromatic N) is 5. The highest BCUT2D eigenvalue weighted by atomic mass is 35.5. The van der Waals surface area contributed by atoms with Crippen molar-refractivity contribution in [2.75, 3.05) is 23.3 Å². The van der Waals surface area contributed by atoms with Crippen LogP contribution in [0.2, 0.25) is 5.02 Å². The predicted octanol–water partition coefficient (Wildman–Crippen LogP) is 3.15. The maximum absolute atomic E-state index is 5.85. The number of benzene rings is 1. The highest BCUT2D eigenvalue weighted by Gasteiger charge is 2.21. The predicted molar refractivity (Wildman–Crippen MR) is 95.4 cm³/mol. The fourth-order valence-electron chi connectivity index (χ4n) is 3.01. The molecule has 2 aromatic heterocycles. The van der Waals surface area contributed by atoms with Crippen molar-refractivity contribution in [2.45, 2.75) is 18.9 Å². The topological polar surface area (TPSA) is 66.8 Å². The van der Waals surface area contributed by atoms with E-state index in [0.29, 0.717) is 11.1 Å². The number of hydrogen-bond acceptors (Lipinski definition) is 6. The van der Waals surface area contributed by atoms with E-state index in [-0.39, 0.29) is 0 Å². The van der Waals surface area contributed by atoms with Crippen molar-refractivity contribution >= 4 is 34.3 Å². The van der Waals surface area contributed by atoms with E-state index >= 15 is 0 Å². The Hall–Kier alpha value is -2.47. The molecule has 1 aliphatic rings. The van der Waals surface area contributed by atoms with Crippen LogP contribution in [-0.2, 0) is 0 Å². The summed E-state index contributed by atoms with van der Waals surface area (Å²) >= 11 is 5.85. The molecule has 24 heavy (non-hydrogen) atoms. The average molecular weight is 341 g/mol. The van der Waals surface area contributed by atoms with Crippen molar-refractivity contribution < 1.29 is 0 Å². The molecule has 0 amide bonds. The molecule has 0 spiro atoms. The van der Waals surface area contributed by atoms with E-state index in [0.717, 1.165) is 48.6 Å². The Kier molecular flexibility index (Phi) is 4.13. The number of fused-ring (bicyclic) bond motifs is 1. The van der Waals surface area contributed by atoms with Crippen LogP contribution in [0.15, 0.2) is 43.0 Å². The summed E-state index contributed by atoms with van der Waals surface area (Å²) in [5, 5.41) is 5.19. The maximum atomic E-state index is 5.85. The Bertz CT molecular complexity index is 825. The Balaban J connectivity index is 1.43. The van der Waals surface area contributed by atoms with E-state index in [9.17, 15) is 0 Å². The lowest BCUT2D eigenvalue weighted by molar-refractivity contribution is 0.519. The van der Waals surface area contributed by atoms with E-state index in [1.165, 1.54) is 0 Å². The van der Waals surface area contributed by atoms with Crippen LogP contribution in [-0.4, -0.2) is 39.1 Å². The van der Waals surface area contributed by atoms with E-state index in [2.05, 4.69) is 30.2 Å². The zero-order chi connectivity index (χ0) is 16.4. The summed E-state index contributed by atoms with van der Waals surface area (Å²) in [5.41, 5.74) is 0.960. The molecule has 3 heterocycles. The molecular weight excluding hydrogens is 324 g/mol. The number of anilines is 2. The minimum atomic E-state index is 0.381. The monoisotopic (exact) mass is 340 g/mol. The number of nitrogens with one attached hydrogen (secondary N) is 1. The van der Waals surface area contributed by atoms with Crippen LogP contribution in [0.1, 0.15) is 12.8 Å². The van der Waals surface area contributed by atoms with Gasteiger partial charge in [0.1, 0.15) is 12.1 Å². The normalized spacial score (nSPS) is 15.6. The van der Waals surface area contributed by atoms with Gasteiger partial charge in [-0.05, 0) is 25.0 Å². The number of aromatic nitrogens is 4. The van der Waals surface area contributed by atoms with Crippen LogP contribution in [0.4, 0.5) is 11.8 Å². The van der Waals surface area contributed by atoms with E-state index in [1.54, 1.807) is 18.7 Å². The first-order chi connectivity index (χ1) is 11.8. The first kappa shape index (κ1) is 15.1. The van der Waals surface area contributed by atoms with Crippen LogP contribution in [0.25, 0.3) is 10.9 Å². The first-order valence-electron chi connectivity index (χ1n) is 7.98. The molecule has 0 saturated carbocycles. The van der Waals surface area contributed by atoms with E-state index in [1.807, 2.05) is 24.3 Å². The molecule has 1 aliphatic heterocycles. The van der Waals surface area contributed by atoms with Crippen LogP contribution in [0.5, 0.6) is 0 Å². The van der Waals surface area contributed by atoms with Crippen LogP contribution in [0, 0.1) is 0 Å². The van der Waals surface area contributed by atoms with Crippen LogP contribution in [0.3, 0.4) is 0 Å². The molecule has 1 aromatic carbocycles. The molecule has 0 atom stereocenters. The van der Waals surface area contributed by atoms with E-state index < -0.39 is 0 Å². The van der Waals surface area contributed by atoms with Gasteiger partial charge >= 0.3 is 0 Å². The molecule has 6 nitrogen and oxygen atoms in total. The molecule has 0 bridgehead atoms. The van der Waals surface area contributed by atoms with Gasteiger partial charge in [-0.3, -0.25) is 0 Å².